The van der Waals surface area contributed by atoms with Crippen LogP contribution in [0, 0.1) is 5.92 Å². The molecule has 1 N–H and O–H groups in total. The van der Waals surface area contributed by atoms with Gasteiger partial charge in [-0.3, -0.25) is 0 Å². The molecule has 0 amide bonds. The van der Waals surface area contributed by atoms with Crippen LogP contribution in [0.4, 0.5) is 0 Å². The molecule has 0 aliphatic carbocycles. The monoisotopic (exact) mass is 206 g/mol. The lowest BCUT2D eigenvalue weighted by atomic mass is 10.2. The number of rotatable bonds is 5. The molecule has 3 heteroatoms. The molecule has 1 atom stereocenters. The van der Waals surface area contributed by atoms with Crippen LogP contribution in [0.15, 0.2) is 42.5 Å². The van der Waals surface area contributed by atoms with Crippen molar-refractivity contribution >= 4 is 5.97 Å². The van der Waals surface area contributed by atoms with Crippen molar-refractivity contribution in [2.75, 3.05) is 6.61 Å². The zero-order chi connectivity index (χ0) is 11.1. The van der Waals surface area contributed by atoms with Gasteiger partial charge in [0.2, 0.25) is 0 Å². The van der Waals surface area contributed by atoms with Crippen LogP contribution >= 0.6 is 0 Å². The van der Waals surface area contributed by atoms with Crippen LogP contribution in [0.2, 0.25) is 0 Å². The normalized spacial score (nSPS) is 12.6. The summed E-state index contributed by atoms with van der Waals surface area (Å²) in [5, 5.41) is 8.42. The number of hydrogen-bond donors (Lipinski definition) is 1. The molecule has 0 aromatic heterocycles. The van der Waals surface area contributed by atoms with E-state index in [1.807, 2.05) is 37.3 Å². The molecular weight excluding hydrogens is 192 g/mol. The summed E-state index contributed by atoms with van der Waals surface area (Å²) in [6.45, 7) is 2.39. The molecule has 1 unspecified atom stereocenters. The number of carboxylic acids is 1. The van der Waals surface area contributed by atoms with Gasteiger partial charge < -0.3 is 9.84 Å². The van der Waals surface area contributed by atoms with Crippen molar-refractivity contribution in [3.05, 3.63) is 42.5 Å². The highest BCUT2D eigenvalue weighted by molar-refractivity contribution is 5.79. The second kappa shape index (κ2) is 5.86. The van der Waals surface area contributed by atoms with E-state index in [0.717, 1.165) is 11.8 Å². The molecule has 0 saturated carbocycles. The minimum absolute atomic E-state index is 0.0845. The van der Waals surface area contributed by atoms with Crippen LogP contribution < -0.4 is 4.74 Å². The second-order valence-electron chi connectivity index (χ2n) is 3.30. The highest BCUT2D eigenvalue weighted by atomic mass is 16.5. The van der Waals surface area contributed by atoms with E-state index in [4.69, 9.17) is 9.84 Å². The third-order valence-corrected chi connectivity index (χ3v) is 1.82. The molecule has 0 aliphatic rings. The Hall–Kier alpha value is -1.77. The quantitative estimate of drug-likeness (QED) is 0.752. The summed E-state index contributed by atoms with van der Waals surface area (Å²) in [5.41, 5.74) is 0. The zero-order valence-corrected chi connectivity index (χ0v) is 8.59. The fraction of sp³-hybridized carbons (Fsp3) is 0.250. The van der Waals surface area contributed by atoms with Gasteiger partial charge >= 0.3 is 5.97 Å². The van der Waals surface area contributed by atoms with Crippen molar-refractivity contribution in [1.82, 2.24) is 0 Å². The van der Waals surface area contributed by atoms with Gasteiger partial charge in [-0.05, 0) is 12.1 Å². The maximum atomic E-state index is 10.3. The Morgan fingerprint density at radius 1 is 1.47 bits per heavy atom. The van der Waals surface area contributed by atoms with E-state index in [0.29, 0.717) is 6.61 Å². The number of carboxylic acid groups (broad SMARTS) is 1. The van der Waals surface area contributed by atoms with Crippen molar-refractivity contribution in [2.24, 2.45) is 5.92 Å². The predicted molar refractivity (Wildman–Crippen MR) is 57.9 cm³/mol. The summed E-state index contributed by atoms with van der Waals surface area (Å²) in [5.74, 6) is -0.0454. The van der Waals surface area contributed by atoms with Crippen molar-refractivity contribution < 1.29 is 14.6 Å². The second-order valence-corrected chi connectivity index (χ2v) is 3.30. The molecule has 15 heavy (non-hydrogen) atoms. The minimum Gasteiger partial charge on any atom is -0.493 e. The fourth-order valence-corrected chi connectivity index (χ4v) is 1.05. The Labute approximate surface area is 89.0 Å². The Bertz CT molecular complexity index is 330. The summed E-state index contributed by atoms with van der Waals surface area (Å²) in [6, 6.07) is 9.45. The van der Waals surface area contributed by atoms with Crippen LogP contribution in [0.5, 0.6) is 5.75 Å². The Balaban J connectivity index is 2.34. The van der Waals surface area contributed by atoms with Gasteiger partial charge in [0.15, 0.2) is 0 Å². The molecule has 3 nitrogen and oxygen atoms in total. The van der Waals surface area contributed by atoms with Crippen LogP contribution in [0.3, 0.4) is 0 Å². The summed E-state index contributed by atoms with van der Waals surface area (Å²) in [4.78, 5) is 10.3. The van der Waals surface area contributed by atoms with E-state index in [2.05, 4.69) is 0 Å². The number of hydrogen-bond acceptors (Lipinski definition) is 2. The maximum Gasteiger partial charge on any atom is 0.327 e. The van der Waals surface area contributed by atoms with Crippen LogP contribution in [0.1, 0.15) is 6.92 Å². The van der Waals surface area contributed by atoms with Crippen molar-refractivity contribution in [3.8, 4) is 5.75 Å². The standard InChI is InChI=1S/C12H14O3/c1-10(7-8-12(13)14)9-15-11-5-3-2-4-6-11/h2-8,10H,9H2,1H3,(H,13,14). The maximum absolute atomic E-state index is 10.3. The molecule has 1 rings (SSSR count). The molecule has 0 heterocycles. The number of ether oxygens (including phenoxy) is 1. The molecule has 80 valence electrons. The molecule has 0 radical (unpaired) electrons. The minimum atomic E-state index is -0.929. The van der Waals surface area contributed by atoms with E-state index < -0.39 is 5.97 Å². The third kappa shape index (κ3) is 4.86. The van der Waals surface area contributed by atoms with Gasteiger partial charge in [-0.1, -0.05) is 31.2 Å². The molecule has 0 spiro atoms. The summed E-state index contributed by atoms with van der Waals surface area (Å²) < 4.78 is 5.46. The van der Waals surface area contributed by atoms with E-state index >= 15 is 0 Å². The van der Waals surface area contributed by atoms with Gasteiger partial charge in [0.25, 0.3) is 0 Å². The van der Waals surface area contributed by atoms with Gasteiger partial charge in [-0.15, -0.1) is 0 Å². The molecule has 0 aliphatic heterocycles. The first-order valence-electron chi connectivity index (χ1n) is 4.77. The topological polar surface area (TPSA) is 46.5 Å². The van der Waals surface area contributed by atoms with Crippen molar-refractivity contribution in [2.45, 2.75) is 6.92 Å². The average Bonchev–Trinajstić information content (AvgIpc) is 2.25. The lowest BCUT2D eigenvalue weighted by Crippen LogP contribution is -2.06. The molecule has 1 aromatic carbocycles. The highest BCUT2D eigenvalue weighted by Gasteiger charge is 1.99. The van der Waals surface area contributed by atoms with Crippen molar-refractivity contribution in [1.29, 1.82) is 0 Å². The molecule has 0 fully saturated rings. The number of carbonyl (C=O) groups is 1. The van der Waals surface area contributed by atoms with Gasteiger partial charge in [-0.2, -0.15) is 0 Å². The summed E-state index contributed by atoms with van der Waals surface area (Å²) >= 11 is 0. The lowest BCUT2D eigenvalue weighted by Gasteiger charge is -2.08. The Morgan fingerprint density at radius 3 is 2.73 bits per heavy atom. The number of aliphatic carboxylic acids is 1. The molecule has 1 aromatic rings. The first-order valence-corrected chi connectivity index (χ1v) is 4.77. The van der Waals surface area contributed by atoms with Crippen LogP contribution in [-0.4, -0.2) is 17.7 Å². The van der Waals surface area contributed by atoms with E-state index in [9.17, 15) is 4.79 Å². The molecular formula is C12H14O3. The summed E-state index contributed by atoms with van der Waals surface area (Å²) in [7, 11) is 0. The van der Waals surface area contributed by atoms with Crippen molar-refractivity contribution in [3.63, 3.8) is 0 Å². The average molecular weight is 206 g/mol. The first kappa shape index (κ1) is 11.3. The van der Waals surface area contributed by atoms with Gasteiger partial charge in [0.1, 0.15) is 5.75 Å². The van der Waals surface area contributed by atoms with Crippen LogP contribution in [0.25, 0.3) is 0 Å². The van der Waals surface area contributed by atoms with E-state index in [-0.39, 0.29) is 5.92 Å². The lowest BCUT2D eigenvalue weighted by molar-refractivity contribution is -0.131. The Morgan fingerprint density at radius 2 is 2.13 bits per heavy atom. The van der Waals surface area contributed by atoms with Gasteiger partial charge in [0.05, 0.1) is 6.61 Å². The smallest absolute Gasteiger partial charge is 0.327 e. The predicted octanol–water partition coefficient (Wildman–Crippen LogP) is 2.34. The fourth-order valence-electron chi connectivity index (χ4n) is 1.05. The molecule has 0 bridgehead atoms. The molecule has 0 saturated heterocycles. The van der Waals surface area contributed by atoms with Gasteiger partial charge in [-0.25, -0.2) is 4.79 Å². The SMILES string of the molecule is CC(C=CC(=O)O)COc1ccccc1. The van der Waals surface area contributed by atoms with E-state index in [1.165, 1.54) is 0 Å². The first-order chi connectivity index (χ1) is 7.18. The summed E-state index contributed by atoms with van der Waals surface area (Å²) in [6.07, 6.45) is 2.75. The number of para-hydroxylation sites is 1. The van der Waals surface area contributed by atoms with Crippen LogP contribution in [-0.2, 0) is 4.79 Å². The highest BCUT2D eigenvalue weighted by Crippen LogP contribution is 2.10. The third-order valence-electron chi connectivity index (χ3n) is 1.82. The zero-order valence-electron chi connectivity index (χ0n) is 8.59. The van der Waals surface area contributed by atoms with Gasteiger partial charge in [0, 0.05) is 12.0 Å². The van der Waals surface area contributed by atoms with E-state index in [1.54, 1.807) is 6.08 Å². The number of benzene rings is 1. The largest absolute Gasteiger partial charge is 0.493 e. The Kier molecular flexibility index (Phi) is 4.41.